The highest BCUT2D eigenvalue weighted by atomic mass is 32.2. The first-order chi connectivity index (χ1) is 29.1. The van der Waals surface area contributed by atoms with Crippen molar-refractivity contribution in [3.63, 3.8) is 0 Å². The summed E-state index contributed by atoms with van der Waals surface area (Å²) < 4.78 is 0. The molecule has 1 aliphatic rings. The summed E-state index contributed by atoms with van der Waals surface area (Å²) in [6, 6.07) is 75.2. The Bertz CT molecular complexity index is 2720. The molecule has 0 spiro atoms. The number of carbonyl (C=O) groups is 2. The lowest BCUT2D eigenvalue weighted by molar-refractivity contribution is -0.129. The first-order valence-corrected chi connectivity index (χ1v) is 20.9. The summed E-state index contributed by atoms with van der Waals surface area (Å²) in [7, 11) is 0. The molecule has 10 rings (SSSR count). The van der Waals surface area contributed by atoms with Gasteiger partial charge in [0.05, 0.1) is 10.7 Å². The van der Waals surface area contributed by atoms with Crippen LogP contribution in [0.3, 0.4) is 0 Å². The van der Waals surface area contributed by atoms with Crippen molar-refractivity contribution in [1.29, 1.82) is 0 Å². The molecule has 59 heavy (non-hydrogen) atoms. The molecule has 1 aliphatic heterocycles. The maximum absolute atomic E-state index is 15.0. The zero-order valence-corrected chi connectivity index (χ0v) is 33.1. The fraction of sp³-hybridized carbons (Fsp3) is 0.0741. The standard InChI is InChI=1S/C54H40N2O2S/c57-51-50(59-52(58)56(51)54(42-25-13-4-14-26-42,43-27-15-5-16-28-43)44-29-17-6-18-30-44)36-38-31-33-48-46(35-38)47-37-45(32-34-49(47)55-48)53(39-19-7-1-8-20-39,40-21-9-2-10-22-40)41-23-11-3-12-24-41/h1-35,37,50,55H,36H2. The van der Waals surface area contributed by atoms with Gasteiger partial charge in [0, 0.05) is 21.8 Å². The van der Waals surface area contributed by atoms with Crippen LogP contribution >= 0.6 is 11.8 Å². The Morgan fingerprint density at radius 2 is 0.831 bits per heavy atom. The van der Waals surface area contributed by atoms with E-state index >= 15 is 0 Å². The molecule has 9 aromatic rings. The van der Waals surface area contributed by atoms with Crippen LogP contribution in [-0.4, -0.2) is 26.3 Å². The summed E-state index contributed by atoms with van der Waals surface area (Å²) in [5.41, 5.74) is 8.58. The van der Waals surface area contributed by atoms with Crippen LogP contribution in [0.15, 0.2) is 218 Å². The number of amides is 2. The molecule has 1 fully saturated rings. The van der Waals surface area contributed by atoms with Gasteiger partial charge in [-0.3, -0.25) is 14.5 Å². The van der Waals surface area contributed by atoms with Crippen molar-refractivity contribution in [2.75, 3.05) is 0 Å². The van der Waals surface area contributed by atoms with E-state index < -0.39 is 16.2 Å². The van der Waals surface area contributed by atoms with Crippen molar-refractivity contribution in [2.45, 2.75) is 22.6 Å². The number of fused-ring (bicyclic) bond motifs is 3. The number of imide groups is 1. The number of aromatic nitrogens is 1. The minimum absolute atomic E-state index is 0.198. The molecule has 1 unspecified atom stereocenters. The van der Waals surface area contributed by atoms with E-state index in [1.54, 1.807) is 0 Å². The van der Waals surface area contributed by atoms with Crippen molar-refractivity contribution in [1.82, 2.24) is 9.88 Å². The largest absolute Gasteiger partial charge is 0.355 e. The molecule has 2 heterocycles. The van der Waals surface area contributed by atoms with Gasteiger partial charge in [-0.1, -0.05) is 206 Å². The summed E-state index contributed by atoms with van der Waals surface area (Å²) in [4.78, 5) is 34.6. The van der Waals surface area contributed by atoms with Gasteiger partial charge in [-0.2, -0.15) is 0 Å². The highest BCUT2D eigenvalue weighted by molar-refractivity contribution is 8.15. The average Bonchev–Trinajstić information content (AvgIpc) is 3.81. The highest BCUT2D eigenvalue weighted by Crippen LogP contribution is 2.49. The van der Waals surface area contributed by atoms with E-state index in [4.69, 9.17) is 0 Å². The Morgan fingerprint density at radius 3 is 1.27 bits per heavy atom. The number of rotatable bonds is 10. The number of hydrogen-bond acceptors (Lipinski definition) is 3. The number of nitrogens with zero attached hydrogens (tertiary/aromatic N) is 1. The normalized spacial score (nSPS) is 14.6. The van der Waals surface area contributed by atoms with E-state index in [-0.39, 0.29) is 11.1 Å². The molecular weight excluding hydrogens is 741 g/mol. The second-order valence-electron chi connectivity index (χ2n) is 15.2. The van der Waals surface area contributed by atoms with Crippen LogP contribution in [0.5, 0.6) is 0 Å². The first kappa shape index (κ1) is 36.4. The van der Waals surface area contributed by atoms with E-state index in [9.17, 15) is 9.59 Å². The van der Waals surface area contributed by atoms with Gasteiger partial charge in [-0.05, 0) is 75.2 Å². The zero-order valence-electron chi connectivity index (χ0n) is 32.2. The van der Waals surface area contributed by atoms with Gasteiger partial charge in [0.2, 0.25) is 5.91 Å². The number of H-pyrrole nitrogens is 1. The number of aromatic amines is 1. The smallest absolute Gasteiger partial charge is 0.290 e. The van der Waals surface area contributed by atoms with Crippen LogP contribution in [0.1, 0.15) is 44.5 Å². The summed E-state index contributed by atoms with van der Waals surface area (Å²) in [6.07, 6.45) is 0.407. The lowest BCUT2D eigenvalue weighted by atomic mass is 9.65. The number of benzene rings is 8. The molecule has 0 bridgehead atoms. The third kappa shape index (κ3) is 6.00. The molecule has 0 radical (unpaired) electrons. The molecule has 2 amide bonds. The SMILES string of the molecule is O=C1SC(Cc2ccc3[nH]c4ccc(C(c5ccccc5)(c5ccccc5)c5ccccc5)cc4c3c2)C(=O)N1C(c1ccccc1)(c1ccccc1)c1ccccc1. The van der Waals surface area contributed by atoms with Crippen molar-refractivity contribution in [2.24, 2.45) is 0 Å². The Kier molecular flexibility index (Phi) is 9.31. The van der Waals surface area contributed by atoms with Gasteiger partial charge in [-0.25, -0.2) is 0 Å². The summed E-state index contributed by atoms with van der Waals surface area (Å²) in [5, 5.41) is 1.32. The van der Waals surface area contributed by atoms with Crippen LogP contribution < -0.4 is 0 Å². The Morgan fingerprint density at radius 1 is 0.441 bits per heavy atom. The Labute approximate surface area is 348 Å². The Hall–Kier alpha value is -6.95. The molecule has 8 aromatic carbocycles. The minimum atomic E-state index is -1.15. The lowest BCUT2D eigenvalue weighted by Crippen LogP contribution is -2.51. The van der Waals surface area contributed by atoms with Crippen LogP contribution in [0.4, 0.5) is 4.79 Å². The van der Waals surface area contributed by atoms with Crippen molar-refractivity contribution in [3.05, 3.63) is 263 Å². The summed E-state index contributed by atoms with van der Waals surface area (Å²) in [6.45, 7) is 0. The second-order valence-corrected chi connectivity index (χ2v) is 16.3. The molecule has 0 saturated carbocycles. The molecule has 1 atom stereocenters. The molecule has 1 saturated heterocycles. The van der Waals surface area contributed by atoms with Crippen LogP contribution in [0.2, 0.25) is 0 Å². The van der Waals surface area contributed by atoms with E-state index in [1.807, 2.05) is 91.0 Å². The third-order valence-electron chi connectivity index (χ3n) is 12.0. The van der Waals surface area contributed by atoms with E-state index in [0.717, 1.165) is 61.4 Å². The van der Waals surface area contributed by atoms with Gasteiger partial charge in [0.15, 0.2) is 0 Å². The van der Waals surface area contributed by atoms with Crippen molar-refractivity contribution < 1.29 is 9.59 Å². The number of hydrogen-bond donors (Lipinski definition) is 1. The lowest BCUT2D eigenvalue weighted by Gasteiger charge is -2.42. The molecule has 284 valence electrons. The number of nitrogens with one attached hydrogen (secondary N) is 1. The van der Waals surface area contributed by atoms with Gasteiger partial charge in [0.25, 0.3) is 5.24 Å². The number of thioether (sulfide) groups is 1. The van der Waals surface area contributed by atoms with Crippen molar-refractivity contribution in [3.8, 4) is 0 Å². The fourth-order valence-electron chi connectivity index (χ4n) is 9.40. The average molecular weight is 781 g/mol. The predicted octanol–water partition coefficient (Wildman–Crippen LogP) is 12.3. The van der Waals surface area contributed by atoms with Crippen LogP contribution in [-0.2, 0) is 22.2 Å². The van der Waals surface area contributed by atoms with E-state index in [0.29, 0.717) is 6.42 Å². The molecule has 5 heteroatoms. The van der Waals surface area contributed by atoms with Gasteiger partial charge in [0.1, 0.15) is 5.54 Å². The molecule has 1 aromatic heterocycles. The molecule has 4 nitrogen and oxygen atoms in total. The zero-order chi connectivity index (χ0) is 39.8. The minimum Gasteiger partial charge on any atom is -0.355 e. The van der Waals surface area contributed by atoms with Gasteiger partial charge in [-0.15, -0.1) is 0 Å². The molecule has 0 aliphatic carbocycles. The molecule has 1 N–H and O–H groups in total. The predicted molar refractivity (Wildman–Crippen MR) is 241 cm³/mol. The molecular formula is C54H40N2O2S. The van der Waals surface area contributed by atoms with Gasteiger partial charge < -0.3 is 4.98 Å². The first-order valence-electron chi connectivity index (χ1n) is 20.0. The van der Waals surface area contributed by atoms with E-state index in [2.05, 4.69) is 132 Å². The second kappa shape index (κ2) is 15.1. The van der Waals surface area contributed by atoms with Crippen LogP contribution in [0, 0.1) is 0 Å². The van der Waals surface area contributed by atoms with Gasteiger partial charge >= 0.3 is 0 Å². The fourth-order valence-corrected chi connectivity index (χ4v) is 10.5. The summed E-state index contributed by atoms with van der Waals surface area (Å²) >= 11 is 1.13. The topological polar surface area (TPSA) is 53.2 Å². The number of carbonyl (C=O) groups excluding carboxylic acids is 2. The third-order valence-corrected chi connectivity index (χ3v) is 13.0. The Balaban J connectivity index is 1.08. The highest BCUT2D eigenvalue weighted by Gasteiger charge is 2.54. The summed E-state index contributed by atoms with van der Waals surface area (Å²) in [5.74, 6) is -0.198. The quantitative estimate of drug-likeness (QED) is 0.141. The maximum Gasteiger partial charge on any atom is 0.290 e. The monoisotopic (exact) mass is 780 g/mol. The maximum atomic E-state index is 15.0. The van der Waals surface area contributed by atoms with E-state index in [1.165, 1.54) is 21.6 Å². The van der Waals surface area contributed by atoms with Crippen LogP contribution in [0.25, 0.3) is 21.8 Å². The van der Waals surface area contributed by atoms with Crippen molar-refractivity contribution >= 4 is 44.7 Å².